The van der Waals surface area contributed by atoms with Crippen LogP contribution in [0.4, 0.5) is 0 Å². The molecule has 4 aromatic heterocycles. The molecule has 10 nitrogen and oxygen atoms in total. The van der Waals surface area contributed by atoms with E-state index in [1.165, 1.54) is 33.8 Å². The van der Waals surface area contributed by atoms with Crippen LogP contribution < -0.4 is 9.47 Å². The molecule has 0 atom stereocenters. The zero-order valence-electron chi connectivity index (χ0n) is 21.1. The van der Waals surface area contributed by atoms with Gasteiger partial charge in [0.2, 0.25) is 9.92 Å². The summed E-state index contributed by atoms with van der Waals surface area (Å²) in [5.41, 5.74) is 2.41. The fourth-order valence-electron chi connectivity index (χ4n) is 3.95. The minimum Gasteiger partial charge on any atom is -0.486 e. The highest BCUT2D eigenvalue weighted by molar-refractivity contribution is 7.16. The fourth-order valence-corrected chi connectivity index (χ4v) is 5.48. The smallest absolute Gasteiger partial charge is 0.234 e. The van der Waals surface area contributed by atoms with E-state index in [-0.39, 0.29) is 0 Å². The third-order valence-corrected chi connectivity index (χ3v) is 7.76. The summed E-state index contributed by atoms with van der Waals surface area (Å²) in [4.78, 5) is 1.56. The van der Waals surface area contributed by atoms with Crippen LogP contribution in [0.2, 0.25) is 0 Å². The Kier molecular flexibility index (Phi) is 6.97. The topological polar surface area (TPSA) is 105 Å². The van der Waals surface area contributed by atoms with Crippen LogP contribution in [0, 0.1) is 13.8 Å². The average Bonchev–Trinajstić information content (AvgIpc) is 3.68. The summed E-state index contributed by atoms with van der Waals surface area (Å²) >= 11 is 3.00. The third-order valence-electron chi connectivity index (χ3n) is 6.01. The molecule has 6 rings (SSSR count). The second kappa shape index (κ2) is 10.8. The van der Waals surface area contributed by atoms with Crippen molar-refractivity contribution >= 4 is 32.6 Å². The van der Waals surface area contributed by atoms with Gasteiger partial charge in [0.15, 0.2) is 21.7 Å². The third kappa shape index (κ3) is 5.50. The van der Waals surface area contributed by atoms with Gasteiger partial charge in [-0.1, -0.05) is 58.1 Å². The number of hydrogen-bond donors (Lipinski definition) is 0. The van der Waals surface area contributed by atoms with Crippen molar-refractivity contribution in [2.45, 2.75) is 52.7 Å². The molecular weight excluding hydrogens is 520 g/mol. The van der Waals surface area contributed by atoms with Gasteiger partial charge < -0.3 is 9.47 Å². The van der Waals surface area contributed by atoms with Crippen molar-refractivity contribution in [2.75, 3.05) is 0 Å². The van der Waals surface area contributed by atoms with E-state index in [0.717, 1.165) is 68.8 Å². The van der Waals surface area contributed by atoms with Crippen molar-refractivity contribution in [1.82, 2.24) is 39.6 Å². The van der Waals surface area contributed by atoms with Gasteiger partial charge in [0.25, 0.3) is 0 Å². The molecule has 194 valence electrons. The molecule has 4 heterocycles. The number of benzene rings is 2. The van der Waals surface area contributed by atoms with Gasteiger partial charge in [-0.15, -0.1) is 20.4 Å². The Hall–Kier alpha value is -3.90. The van der Waals surface area contributed by atoms with Crippen molar-refractivity contribution in [2.24, 2.45) is 0 Å². The molecule has 0 aliphatic heterocycles. The molecule has 0 N–H and O–H groups in total. The summed E-state index contributed by atoms with van der Waals surface area (Å²) in [5, 5.41) is 28.3. The van der Waals surface area contributed by atoms with Gasteiger partial charge in [0.05, 0.1) is 0 Å². The van der Waals surface area contributed by atoms with E-state index in [2.05, 4.69) is 44.4 Å². The first-order chi connectivity index (χ1) is 18.6. The first-order valence-corrected chi connectivity index (χ1v) is 14.0. The van der Waals surface area contributed by atoms with E-state index < -0.39 is 0 Å². The molecule has 0 saturated heterocycles. The summed E-state index contributed by atoms with van der Waals surface area (Å²) in [7, 11) is 0. The van der Waals surface area contributed by atoms with Crippen molar-refractivity contribution < 1.29 is 9.47 Å². The minimum atomic E-state index is 0.408. The molecule has 12 heteroatoms. The molecule has 0 spiro atoms. The SMILES string of the molecule is Cc1ccc(OCc2nn3c(CCCCc4nnc5sc(COc6ccc(C)cc6)nn45)nnc3s2)cc1. The molecular formula is C26H26N8O2S2. The first kappa shape index (κ1) is 24.4. The van der Waals surface area contributed by atoms with Crippen LogP contribution in [-0.4, -0.2) is 39.6 Å². The second-order valence-corrected chi connectivity index (χ2v) is 11.1. The van der Waals surface area contributed by atoms with Crippen LogP contribution in [0.15, 0.2) is 48.5 Å². The Balaban J connectivity index is 1.01. The van der Waals surface area contributed by atoms with Gasteiger partial charge >= 0.3 is 0 Å². The van der Waals surface area contributed by atoms with Crippen molar-refractivity contribution in [3.05, 3.63) is 81.3 Å². The van der Waals surface area contributed by atoms with Gasteiger partial charge in [-0.05, 0) is 51.0 Å². The van der Waals surface area contributed by atoms with E-state index in [4.69, 9.17) is 9.47 Å². The standard InChI is InChI=1S/C26H26N8O2S2/c1-17-7-11-19(12-8-17)35-15-23-31-33-21(27-29-25(33)37-23)5-3-4-6-22-28-30-26-34(22)32-24(38-26)16-36-20-13-9-18(2)10-14-20/h7-14H,3-6,15-16H2,1-2H3. The summed E-state index contributed by atoms with van der Waals surface area (Å²) in [6.07, 6.45) is 3.40. The summed E-state index contributed by atoms with van der Waals surface area (Å²) in [5.74, 6) is 3.37. The molecule has 0 aliphatic rings. The molecule has 0 saturated carbocycles. The second-order valence-electron chi connectivity index (χ2n) is 9.02. The molecule has 0 bridgehead atoms. The lowest BCUT2D eigenvalue weighted by Gasteiger charge is -2.03. The number of ether oxygens (including phenoxy) is 2. The highest BCUT2D eigenvalue weighted by Gasteiger charge is 2.14. The van der Waals surface area contributed by atoms with Crippen LogP contribution in [-0.2, 0) is 26.1 Å². The Morgan fingerprint density at radius 1 is 0.605 bits per heavy atom. The molecule has 0 aliphatic carbocycles. The zero-order chi connectivity index (χ0) is 25.9. The van der Waals surface area contributed by atoms with Gasteiger partial charge in [-0.2, -0.15) is 19.2 Å². The molecule has 2 aromatic carbocycles. The maximum absolute atomic E-state index is 5.86. The quantitative estimate of drug-likeness (QED) is 0.209. The molecule has 0 unspecified atom stereocenters. The average molecular weight is 547 g/mol. The predicted octanol–water partition coefficient (Wildman–Crippen LogP) is 5.03. The molecule has 6 aromatic rings. The largest absolute Gasteiger partial charge is 0.486 e. The van der Waals surface area contributed by atoms with E-state index in [0.29, 0.717) is 13.2 Å². The number of rotatable bonds is 11. The minimum absolute atomic E-state index is 0.408. The predicted molar refractivity (Wildman–Crippen MR) is 145 cm³/mol. The summed E-state index contributed by atoms with van der Waals surface area (Å²) in [6.45, 7) is 4.93. The molecule has 0 amide bonds. The molecule has 0 fully saturated rings. The van der Waals surface area contributed by atoms with Crippen molar-refractivity contribution in [3.8, 4) is 11.5 Å². The maximum Gasteiger partial charge on any atom is 0.234 e. The number of aromatic nitrogens is 8. The van der Waals surface area contributed by atoms with Crippen LogP contribution in [0.5, 0.6) is 11.5 Å². The van der Waals surface area contributed by atoms with Gasteiger partial charge in [-0.3, -0.25) is 0 Å². The summed E-state index contributed by atoms with van der Waals surface area (Å²) < 4.78 is 15.4. The molecule has 0 radical (unpaired) electrons. The van der Waals surface area contributed by atoms with Gasteiger partial charge in [0.1, 0.15) is 24.7 Å². The highest BCUT2D eigenvalue weighted by Crippen LogP contribution is 2.20. The monoisotopic (exact) mass is 546 g/mol. The molecule has 38 heavy (non-hydrogen) atoms. The number of aryl methyl sites for hydroxylation is 4. The van der Waals surface area contributed by atoms with Crippen molar-refractivity contribution in [1.29, 1.82) is 0 Å². The lowest BCUT2D eigenvalue weighted by molar-refractivity contribution is 0.303. The Morgan fingerprint density at radius 3 is 1.45 bits per heavy atom. The number of fused-ring (bicyclic) bond motifs is 2. The number of unbranched alkanes of at least 4 members (excludes halogenated alkanes) is 1. The number of nitrogens with zero attached hydrogens (tertiary/aromatic N) is 8. The van der Waals surface area contributed by atoms with Crippen LogP contribution >= 0.6 is 22.7 Å². The van der Waals surface area contributed by atoms with E-state index in [1.54, 1.807) is 0 Å². The first-order valence-electron chi connectivity index (χ1n) is 12.4. The maximum atomic E-state index is 5.86. The Morgan fingerprint density at radius 2 is 1.03 bits per heavy atom. The Labute approximate surface area is 226 Å². The van der Waals surface area contributed by atoms with E-state index in [9.17, 15) is 0 Å². The van der Waals surface area contributed by atoms with E-state index >= 15 is 0 Å². The van der Waals surface area contributed by atoms with Gasteiger partial charge in [-0.25, -0.2) is 0 Å². The van der Waals surface area contributed by atoms with Gasteiger partial charge in [0, 0.05) is 12.8 Å². The Bertz CT molecular complexity index is 1530. The van der Waals surface area contributed by atoms with Crippen LogP contribution in [0.3, 0.4) is 0 Å². The lowest BCUT2D eigenvalue weighted by Crippen LogP contribution is -2.02. The van der Waals surface area contributed by atoms with E-state index in [1.807, 2.05) is 57.6 Å². The summed E-state index contributed by atoms with van der Waals surface area (Å²) in [6, 6.07) is 16.0. The fraction of sp³-hybridized carbons (Fsp3) is 0.308. The highest BCUT2D eigenvalue weighted by atomic mass is 32.1. The van der Waals surface area contributed by atoms with Crippen LogP contribution in [0.1, 0.15) is 45.6 Å². The normalized spacial score (nSPS) is 11.5. The lowest BCUT2D eigenvalue weighted by atomic mass is 10.2. The van der Waals surface area contributed by atoms with Crippen LogP contribution in [0.25, 0.3) is 9.92 Å². The van der Waals surface area contributed by atoms with Crippen molar-refractivity contribution in [3.63, 3.8) is 0 Å². The number of hydrogen-bond acceptors (Lipinski definition) is 10. The zero-order valence-corrected chi connectivity index (χ0v) is 22.7.